The molecule has 5 heteroatoms. The summed E-state index contributed by atoms with van der Waals surface area (Å²) in [6.07, 6.45) is 0. The number of carboxylic acids is 1. The Kier molecular flexibility index (Phi) is 3.24. The molecule has 0 atom stereocenters. The zero-order valence-corrected chi connectivity index (χ0v) is 14.5. The third kappa shape index (κ3) is 2.44. The summed E-state index contributed by atoms with van der Waals surface area (Å²) >= 11 is 0. The van der Waals surface area contributed by atoms with Crippen LogP contribution in [0.2, 0.25) is 0 Å². The number of benzene rings is 2. The lowest BCUT2D eigenvalue weighted by Gasteiger charge is -2.06. The van der Waals surface area contributed by atoms with E-state index in [0.29, 0.717) is 11.4 Å². The summed E-state index contributed by atoms with van der Waals surface area (Å²) in [7, 11) is 0. The zero-order valence-electron chi connectivity index (χ0n) is 14.5. The molecule has 0 bridgehead atoms. The number of aromatic carboxylic acids is 1. The smallest absolute Gasteiger partial charge is 0.354 e. The third-order valence-electron chi connectivity index (χ3n) is 4.80. The van der Waals surface area contributed by atoms with E-state index in [2.05, 4.69) is 16.0 Å². The summed E-state index contributed by atoms with van der Waals surface area (Å²) in [5, 5.41) is 12.4. The number of aromatic nitrogens is 3. The van der Waals surface area contributed by atoms with Crippen molar-refractivity contribution in [3.8, 4) is 11.4 Å². The number of para-hydroxylation sites is 1. The summed E-state index contributed by atoms with van der Waals surface area (Å²) < 4.78 is 0. The molecule has 0 saturated heterocycles. The van der Waals surface area contributed by atoms with Gasteiger partial charge in [-0.2, -0.15) is 0 Å². The second-order valence-corrected chi connectivity index (χ2v) is 6.65. The molecule has 0 unspecified atom stereocenters. The number of aryl methyl sites for hydroxylation is 1. The average molecular weight is 353 g/mol. The Labute approximate surface area is 154 Å². The van der Waals surface area contributed by atoms with Crippen LogP contribution in [-0.2, 0) is 0 Å². The van der Waals surface area contributed by atoms with Gasteiger partial charge in [0.1, 0.15) is 11.4 Å². The van der Waals surface area contributed by atoms with Gasteiger partial charge < -0.3 is 10.1 Å². The van der Waals surface area contributed by atoms with Crippen LogP contribution in [0.3, 0.4) is 0 Å². The molecule has 3 heterocycles. The van der Waals surface area contributed by atoms with Gasteiger partial charge in [-0.25, -0.2) is 14.8 Å². The van der Waals surface area contributed by atoms with Crippen LogP contribution in [0.1, 0.15) is 16.1 Å². The highest BCUT2D eigenvalue weighted by atomic mass is 16.4. The monoisotopic (exact) mass is 353 g/mol. The van der Waals surface area contributed by atoms with E-state index >= 15 is 0 Å². The summed E-state index contributed by atoms with van der Waals surface area (Å²) in [5.41, 5.74) is 4.90. The van der Waals surface area contributed by atoms with Crippen molar-refractivity contribution in [3.63, 3.8) is 0 Å². The van der Waals surface area contributed by atoms with Gasteiger partial charge >= 0.3 is 5.97 Å². The van der Waals surface area contributed by atoms with Gasteiger partial charge in [-0.1, -0.05) is 35.9 Å². The maximum Gasteiger partial charge on any atom is 0.354 e. The molecule has 0 spiro atoms. The number of carbonyl (C=O) groups is 1. The lowest BCUT2D eigenvalue weighted by Crippen LogP contribution is -2.02. The molecule has 0 radical (unpaired) electrons. The van der Waals surface area contributed by atoms with Crippen LogP contribution in [0.15, 0.2) is 60.7 Å². The molecule has 0 amide bonds. The SMILES string of the molecule is Cc1ccc2[nH]c3c(-c4ccc5ccccc5n4)nc(C(=O)O)cc3c2c1. The van der Waals surface area contributed by atoms with Gasteiger partial charge in [0.2, 0.25) is 0 Å². The van der Waals surface area contributed by atoms with E-state index in [1.165, 1.54) is 0 Å². The number of nitrogens with zero attached hydrogens (tertiary/aromatic N) is 2. The van der Waals surface area contributed by atoms with Crippen LogP contribution in [0, 0.1) is 6.92 Å². The van der Waals surface area contributed by atoms with E-state index < -0.39 is 5.97 Å². The highest BCUT2D eigenvalue weighted by molar-refractivity contribution is 6.12. The lowest BCUT2D eigenvalue weighted by atomic mass is 10.1. The maximum absolute atomic E-state index is 11.7. The summed E-state index contributed by atoms with van der Waals surface area (Å²) in [6, 6.07) is 19.4. The minimum absolute atomic E-state index is 0.00913. The van der Waals surface area contributed by atoms with E-state index in [1.807, 2.05) is 55.5 Å². The molecule has 0 aliphatic rings. The Morgan fingerprint density at radius 1 is 0.963 bits per heavy atom. The third-order valence-corrected chi connectivity index (χ3v) is 4.80. The molecule has 3 aromatic heterocycles. The fourth-order valence-corrected chi connectivity index (χ4v) is 3.50. The number of nitrogens with one attached hydrogen (secondary N) is 1. The van der Waals surface area contributed by atoms with Crippen LogP contribution in [0.5, 0.6) is 0 Å². The first-order valence-corrected chi connectivity index (χ1v) is 8.63. The first-order valence-electron chi connectivity index (χ1n) is 8.63. The van der Waals surface area contributed by atoms with Crippen molar-refractivity contribution in [3.05, 3.63) is 71.9 Å². The van der Waals surface area contributed by atoms with Crippen molar-refractivity contribution < 1.29 is 9.90 Å². The second-order valence-electron chi connectivity index (χ2n) is 6.65. The van der Waals surface area contributed by atoms with Gasteiger partial charge in [0.15, 0.2) is 0 Å². The van der Waals surface area contributed by atoms with E-state index in [0.717, 1.165) is 38.3 Å². The normalized spacial score (nSPS) is 11.4. The molecule has 0 fully saturated rings. The molecule has 5 aromatic rings. The van der Waals surface area contributed by atoms with Crippen molar-refractivity contribution in [1.29, 1.82) is 0 Å². The number of H-pyrrole nitrogens is 1. The predicted octanol–water partition coefficient (Wildman–Crippen LogP) is 4.94. The van der Waals surface area contributed by atoms with E-state index in [1.54, 1.807) is 6.07 Å². The van der Waals surface area contributed by atoms with Gasteiger partial charge in [0.05, 0.1) is 16.7 Å². The zero-order chi connectivity index (χ0) is 18.5. The molecule has 0 aliphatic heterocycles. The number of pyridine rings is 2. The maximum atomic E-state index is 11.7. The van der Waals surface area contributed by atoms with Crippen molar-refractivity contribution in [2.24, 2.45) is 0 Å². The Hall–Kier alpha value is -3.73. The number of carboxylic acid groups (broad SMARTS) is 1. The Morgan fingerprint density at radius 3 is 2.67 bits per heavy atom. The molecule has 5 nitrogen and oxygen atoms in total. The summed E-state index contributed by atoms with van der Waals surface area (Å²) in [6.45, 7) is 2.02. The molecule has 0 aliphatic carbocycles. The molecule has 0 saturated carbocycles. The van der Waals surface area contributed by atoms with Gasteiger partial charge in [0.25, 0.3) is 0 Å². The van der Waals surface area contributed by atoms with Crippen LogP contribution < -0.4 is 0 Å². The number of fused-ring (bicyclic) bond motifs is 4. The Morgan fingerprint density at radius 2 is 1.81 bits per heavy atom. The molecule has 27 heavy (non-hydrogen) atoms. The highest BCUT2D eigenvalue weighted by Gasteiger charge is 2.17. The van der Waals surface area contributed by atoms with Crippen LogP contribution in [0.4, 0.5) is 0 Å². The van der Waals surface area contributed by atoms with Crippen LogP contribution in [-0.4, -0.2) is 26.0 Å². The quantitative estimate of drug-likeness (QED) is 0.471. The van der Waals surface area contributed by atoms with Gasteiger partial charge in [0, 0.05) is 21.7 Å². The molecular formula is C22H15N3O2. The summed E-state index contributed by atoms with van der Waals surface area (Å²) in [4.78, 5) is 24.2. The van der Waals surface area contributed by atoms with E-state index in [-0.39, 0.29) is 5.69 Å². The van der Waals surface area contributed by atoms with Crippen LogP contribution in [0.25, 0.3) is 44.1 Å². The molecular weight excluding hydrogens is 338 g/mol. The molecule has 5 rings (SSSR count). The molecule has 130 valence electrons. The number of aromatic amines is 1. The fraction of sp³-hybridized carbons (Fsp3) is 0.0455. The minimum Gasteiger partial charge on any atom is -0.477 e. The highest BCUT2D eigenvalue weighted by Crippen LogP contribution is 2.33. The number of rotatable bonds is 2. The van der Waals surface area contributed by atoms with Gasteiger partial charge in [-0.15, -0.1) is 0 Å². The number of hydrogen-bond donors (Lipinski definition) is 2. The second kappa shape index (κ2) is 5.64. The van der Waals surface area contributed by atoms with Crippen molar-refractivity contribution in [1.82, 2.24) is 15.0 Å². The largest absolute Gasteiger partial charge is 0.477 e. The predicted molar refractivity (Wildman–Crippen MR) is 106 cm³/mol. The van der Waals surface area contributed by atoms with Crippen molar-refractivity contribution >= 4 is 38.7 Å². The lowest BCUT2D eigenvalue weighted by molar-refractivity contribution is 0.0691. The standard InChI is InChI=1S/C22H15N3O2/c1-12-6-8-17-14(10-12)15-11-19(22(26)27)25-21(20(15)24-17)18-9-7-13-4-2-3-5-16(13)23-18/h2-11,24H,1H3,(H,26,27). The topological polar surface area (TPSA) is 78.9 Å². The molecule has 2 N–H and O–H groups in total. The van der Waals surface area contributed by atoms with Crippen molar-refractivity contribution in [2.45, 2.75) is 6.92 Å². The minimum atomic E-state index is -1.05. The van der Waals surface area contributed by atoms with E-state index in [4.69, 9.17) is 4.98 Å². The summed E-state index contributed by atoms with van der Waals surface area (Å²) in [5.74, 6) is -1.05. The Bertz CT molecular complexity index is 1370. The van der Waals surface area contributed by atoms with Crippen LogP contribution >= 0.6 is 0 Å². The molecule has 2 aromatic carbocycles. The number of hydrogen-bond acceptors (Lipinski definition) is 3. The first kappa shape index (κ1) is 15.5. The van der Waals surface area contributed by atoms with Crippen molar-refractivity contribution in [2.75, 3.05) is 0 Å². The first-order chi connectivity index (χ1) is 13.1. The Balaban J connectivity index is 1.88. The fourth-order valence-electron chi connectivity index (χ4n) is 3.50. The van der Waals surface area contributed by atoms with E-state index in [9.17, 15) is 9.90 Å². The average Bonchev–Trinajstić information content (AvgIpc) is 3.04. The van der Waals surface area contributed by atoms with Gasteiger partial charge in [-0.3, -0.25) is 0 Å². The van der Waals surface area contributed by atoms with Gasteiger partial charge in [-0.05, 0) is 37.3 Å².